The minimum atomic E-state index is -0.621. The van der Waals surface area contributed by atoms with Gasteiger partial charge in [-0.3, -0.25) is 19.3 Å². The van der Waals surface area contributed by atoms with Crippen LogP contribution in [0.2, 0.25) is 0 Å². The first kappa shape index (κ1) is 19.6. The SMILES string of the molecule is O=C(CN1C(=O)S/C(=C\c2cccc(F)c2)C1=O)Nc1ccc2oc(=O)ccc2c1. The zero-order chi connectivity index (χ0) is 21.3. The van der Waals surface area contributed by atoms with Crippen molar-refractivity contribution >= 4 is 51.5 Å². The van der Waals surface area contributed by atoms with E-state index in [9.17, 15) is 23.6 Å². The molecular formula is C21H13FN2O5S. The fraction of sp³-hybridized carbons (Fsp3) is 0.0476. The van der Waals surface area contributed by atoms with Crippen molar-refractivity contribution in [3.8, 4) is 0 Å². The Morgan fingerprint density at radius 3 is 2.73 bits per heavy atom. The minimum absolute atomic E-state index is 0.110. The second-order valence-corrected chi connectivity index (χ2v) is 7.37. The van der Waals surface area contributed by atoms with Crippen LogP contribution in [-0.4, -0.2) is 28.5 Å². The Morgan fingerprint density at radius 2 is 1.93 bits per heavy atom. The molecule has 30 heavy (non-hydrogen) atoms. The van der Waals surface area contributed by atoms with Crippen molar-refractivity contribution in [3.05, 3.63) is 81.3 Å². The van der Waals surface area contributed by atoms with E-state index >= 15 is 0 Å². The summed E-state index contributed by atoms with van der Waals surface area (Å²) in [6, 6.07) is 13.1. The predicted octanol–water partition coefficient (Wildman–Crippen LogP) is 3.61. The van der Waals surface area contributed by atoms with Crippen molar-refractivity contribution in [1.29, 1.82) is 0 Å². The van der Waals surface area contributed by atoms with Crippen LogP contribution >= 0.6 is 11.8 Å². The number of carbonyl (C=O) groups is 3. The lowest BCUT2D eigenvalue weighted by Gasteiger charge is -2.12. The Morgan fingerprint density at radius 1 is 1.10 bits per heavy atom. The number of fused-ring (bicyclic) bond motifs is 1. The van der Waals surface area contributed by atoms with Crippen molar-refractivity contribution in [3.63, 3.8) is 0 Å². The molecule has 0 atom stereocenters. The first-order chi connectivity index (χ1) is 14.4. The Kier molecular flexibility index (Phi) is 5.20. The summed E-state index contributed by atoms with van der Waals surface area (Å²) in [7, 11) is 0. The van der Waals surface area contributed by atoms with Crippen LogP contribution in [0.1, 0.15) is 5.56 Å². The largest absolute Gasteiger partial charge is 0.423 e. The van der Waals surface area contributed by atoms with E-state index in [4.69, 9.17) is 4.42 Å². The highest BCUT2D eigenvalue weighted by Gasteiger charge is 2.36. The molecule has 1 N–H and O–H groups in total. The molecule has 0 spiro atoms. The number of carbonyl (C=O) groups excluding carboxylic acids is 3. The average Bonchev–Trinajstić information content (AvgIpc) is 2.95. The zero-order valence-electron chi connectivity index (χ0n) is 15.3. The molecule has 3 aromatic rings. The van der Waals surface area contributed by atoms with Crippen LogP contribution in [0.25, 0.3) is 17.0 Å². The Labute approximate surface area is 173 Å². The van der Waals surface area contributed by atoms with Crippen LogP contribution < -0.4 is 10.9 Å². The Balaban J connectivity index is 1.46. The Bertz CT molecular complexity index is 1280. The monoisotopic (exact) mass is 424 g/mol. The molecule has 2 aromatic carbocycles. The molecule has 3 amide bonds. The molecule has 0 saturated carbocycles. The molecule has 0 aliphatic carbocycles. The second kappa shape index (κ2) is 7.96. The van der Waals surface area contributed by atoms with Crippen LogP contribution in [0, 0.1) is 5.82 Å². The van der Waals surface area contributed by atoms with E-state index in [0.29, 0.717) is 34.0 Å². The summed E-state index contributed by atoms with van der Waals surface area (Å²) >= 11 is 0.688. The summed E-state index contributed by atoms with van der Waals surface area (Å²) < 4.78 is 18.3. The number of rotatable bonds is 4. The van der Waals surface area contributed by atoms with Gasteiger partial charge in [-0.15, -0.1) is 0 Å². The van der Waals surface area contributed by atoms with Gasteiger partial charge in [0.2, 0.25) is 5.91 Å². The van der Waals surface area contributed by atoms with E-state index < -0.39 is 35.0 Å². The maximum absolute atomic E-state index is 13.3. The minimum Gasteiger partial charge on any atom is -0.423 e. The molecule has 0 radical (unpaired) electrons. The fourth-order valence-electron chi connectivity index (χ4n) is 2.88. The van der Waals surface area contributed by atoms with Gasteiger partial charge in [0.25, 0.3) is 11.1 Å². The molecule has 4 rings (SSSR count). The molecular weight excluding hydrogens is 411 g/mol. The lowest BCUT2D eigenvalue weighted by molar-refractivity contribution is -0.127. The molecule has 1 aliphatic heterocycles. The van der Waals surface area contributed by atoms with Crippen molar-refractivity contribution in [2.75, 3.05) is 11.9 Å². The lowest BCUT2D eigenvalue weighted by atomic mass is 10.2. The van der Waals surface area contributed by atoms with E-state index in [1.807, 2.05) is 0 Å². The number of thioether (sulfide) groups is 1. The lowest BCUT2D eigenvalue weighted by Crippen LogP contribution is -2.36. The molecule has 9 heteroatoms. The van der Waals surface area contributed by atoms with Crippen LogP contribution in [0.15, 0.2) is 68.7 Å². The number of imide groups is 1. The highest BCUT2D eigenvalue weighted by Crippen LogP contribution is 2.32. The molecule has 150 valence electrons. The first-order valence-corrected chi connectivity index (χ1v) is 9.55. The van der Waals surface area contributed by atoms with Crippen LogP contribution in [0.3, 0.4) is 0 Å². The van der Waals surface area contributed by atoms with Crippen molar-refractivity contribution in [2.24, 2.45) is 0 Å². The van der Waals surface area contributed by atoms with Gasteiger partial charge < -0.3 is 9.73 Å². The Hall–Kier alpha value is -3.72. The smallest absolute Gasteiger partial charge is 0.336 e. The average molecular weight is 424 g/mol. The third-order valence-corrected chi connectivity index (χ3v) is 5.13. The predicted molar refractivity (Wildman–Crippen MR) is 110 cm³/mol. The summed E-state index contributed by atoms with van der Waals surface area (Å²) in [5.74, 6) is -1.65. The maximum Gasteiger partial charge on any atom is 0.336 e. The van der Waals surface area contributed by atoms with E-state index in [1.54, 1.807) is 24.3 Å². The number of benzene rings is 2. The molecule has 0 unspecified atom stereocenters. The van der Waals surface area contributed by atoms with Gasteiger partial charge in [0, 0.05) is 17.1 Å². The topological polar surface area (TPSA) is 96.7 Å². The number of hydrogen-bond donors (Lipinski definition) is 1. The quantitative estimate of drug-likeness (QED) is 0.508. The van der Waals surface area contributed by atoms with E-state index in [1.165, 1.54) is 36.4 Å². The van der Waals surface area contributed by atoms with Gasteiger partial charge >= 0.3 is 5.63 Å². The number of nitrogens with zero attached hydrogens (tertiary/aromatic N) is 1. The van der Waals surface area contributed by atoms with Gasteiger partial charge in [0.15, 0.2) is 0 Å². The van der Waals surface area contributed by atoms with Crippen molar-refractivity contribution in [1.82, 2.24) is 4.90 Å². The molecule has 7 nitrogen and oxygen atoms in total. The van der Waals surface area contributed by atoms with Gasteiger partial charge in [-0.1, -0.05) is 12.1 Å². The summed E-state index contributed by atoms with van der Waals surface area (Å²) in [4.78, 5) is 49.2. The number of amides is 3. The number of halogens is 1. The van der Waals surface area contributed by atoms with Gasteiger partial charge in [0.1, 0.15) is 17.9 Å². The summed E-state index contributed by atoms with van der Waals surface area (Å²) in [5, 5.41) is 2.63. The van der Waals surface area contributed by atoms with Crippen molar-refractivity contribution < 1.29 is 23.2 Å². The molecule has 1 aliphatic rings. The third kappa shape index (κ3) is 4.15. The van der Waals surface area contributed by atoms with Gasteiger partial charge in [-0.25, -0.2) is 9.18 Å². The molecule has 2 heterocycles. The van der Waals surface area contributed by atoms with Crippen LogP contribution in [0.5, 0.6) is 0 Å². The van der Waals surface area contributed by atoms with E-state index in [0.717, 1.165) is 4.90 Å². The van der Waals surface area contributed by atoms with Crippen molar-refractivity contribution in [2.45, 2.75) is 0 Å². The number of hydrogen-bond acceptors (Lipinski definition) is 6. The zero-order valence-corrected chi connectivity index (χ0v) is 16.1. The van der Waals surface area contributed by atoms with Gasteiger partial charge in [-0.2, -0.15) is 0 Å². The number of anilines is 1. The highest BCUT2D eigenvalue weighted by molar-refractivity contribution is 8.18. The third-order valence-electron chi connectivity index (χ3n) is 4.22. The first-order valence-electron chi connectivity index (χ1n) is 8.74. The van der Waals surface area contributed by atoms with E-state index in [2.05, 4.69) is 5.32 Å². The normalized spacial score (nSPS) is 15.2. The molecule has 1 fully saturated rings. The van der Waals surface area contributed by atoms with Crippen LogP contribution in [-0.2, 0) is 9.59 Å². The molecule has 0 bridgehead atoms. The van der Waals surface area contributed by atoms with Crippen LogP contribution in [0.4, 0.5) is 14.9 Å². The summed E-state index contributed by atoms with van der Waals surface area (Å²) in [5.41, 5.74) is 0.746. The standard InChI is InChI=1S/C21H13FN2O5S/c22-14-3-1-2-12(8-14)9-17-20(27)24(21(28)30-17)11-18(25)23-15-5-6-16-13(10-15)4-7-19(26)29-16/h1-10H,11H2,(H,23,25)/b17-9-. The van der Waals surface area contributed by atoms with Gasteiger partial charge in [0.05, 0.1) is 4.91 Å². The van der Waals surface area contributed by atoms with Gasteiger partial charge in [-0.05, 0) is 59.8 Å². The summed E-state index contributed by atoms with van der Waals surface area (Å²) in [6.45, 7) is -0.465. The fourth-order valence-corrected chi connectivity index (χ4v) is 3.72. The number of nitrogens with one attached hydrogen (secondary N) is 1. The highest BCUT2D eigenvalue weighted by atomic mass is 32.2. The molecule has 1 saturated heterocycles. The second-order valence-electron chi connectivity index (χ2n) is 6.38. The molecule has 1 aromatic heterocycles. The summed E-state index contributed by atoms with van der Waals surface area (Å²) in [6.07, 6.45) is 1.41. The maximum atomic E-state index is 13.3. The van der Waals surface area contributed by atoms with E-state index in [-0.39, 0.29) is 4.91 Å².